The van der Waals surface area contributed by atoms with Crippen LogP contribution in [0.25, 0.3) is 0 Å². The van der Waals surface area contributed by atoms with E-state index >= 15 is 0 Å². The number of hydrogen-bond acceptors (Lipinski definition) is 4. The van der Waals surface area contributed by atoms with Crippen LogP contribution < -0.4 is 5.32 Å². The Kier molecular flexibility index (Phi) is 3.84. The lowest BCUT2D eigenvalue weighted by molar-refractivity contribution is -0.385. The molecule has 2 rings (SSSR count). The molecule has 0 aliphatic rings. The molecule has 6 heteroatoms. The van der Waals surface area contributed by atoms with Gasteiger partial charge in [-0.05, 0) is 30.7 Å². The zero-order chi connectivity index (χ0) is 14.7. The van der Waals surface area contributed by atoms with E-state index in [9.17, 15) is 19.6 Å². The van der Waals surface area contributed by atoms with Gasteiger partial charge in [-0.3, -0.25) is 10.1 Å². The van der Waals surface area contributed by atoms with E-state index in [2.05, 4.69) is 5.32 Å². The Morgan fingerprint density at radius 1 is 1.30 bits per heavy atom. The highest BCUT2D eigenvalue weighted by Crippen LogP contribution is 2.23. The molecule has 104 valence electrons. The van der Waals surface area contributed by atoms with Crippen molar-refractivity contribution < 1.29 is 14.4 Å². The molecule has 0 unspecified atom stereocenters. The molecule has 0 radical (unpaired) electrons. The molecule has 0 aliphatic heterocycles. The summed E-state index contributed by atoms with van der Waals surface area (Å²) in [5.41, 5.74) is 1.71. The van der Waals surface area contributed by atoms with Crippen molar-refractivity contribution >= 4 is 11.4 Å². The van der Waals surface area contributed by atoms with Crippen molar-refractivity contribution in [3.63, 3.8) is 0 Å². The molecule has 0 spiro atoms. The number of benzene rings is 2. The van der Waals surface area contributed by atoms with E-state index in [1.54, 1.807) is 19.1 Å². The van der Waals surface area contributed by atoms with E-state index in [1.165, 1.54) is 18.2 Å². The third kappa shape index (κ3) is 3.23. The number of hydrogen-bond donors (Lipinski definition) is 2. The van der Waals surface area contributed by atoms with Crippen LogP contribution in [0.15, 0.2) is 36.4 Å². The van der Waals surface area contributed by atoms with Crippen LogP contribution in [0.3, 0.4) is 0 Å². The summed E-state index contributed by atoms with van der Waals surface area (Å²) in [4.78, 5) is 10.4. The smallest absolute Gasteiger partial charge is 0.274 e. The molecular weight excluding hydrogens is 263 g/mol. The Balaban J connectivity index is 2.14. The predicted octanol–water partition coefficient (Wildman–Crippen LogP) is 3.36. The number of nitrogens with one attached hydrogen (secondary N) is 1. The number of phenolic OH excluding ortho intramolecular Hbond substituents is 1. The highest BCUT2D eigenvalue weighted by molar-refractivity contribution is 5.55. The highest BCUT2D eigenvalue weighted by Gasteiger charge is 2.10. The van der Waals surface area contributed by atoms with E-state index < -0.39 is 10.7 Å². The molecule has 5 nitrogen and oxygen atoms in total. The van der Waals surface area contributed by atoms with Gasteiger partial charge in [0.1, 0.15) is 11.6 Å². The number of nitro groups is 1. The lowest BCUT2D eigenvalue weighted by atomic mass is 10.1. The molecule has 0 aliphatic carbocycles. The fraction of sp³-hybridized carbons (Fsp3) is 0.143. The predicted molar refractivity (Wildman–Crippen MR) is 73.2 cm³/mol. The van der Waals surface area contributed by atoms with Crippen molar-refractivity contribution in [1.82, 2.24) is 0 Å². The third-order valence-corrected chi connectivity index (χ3v) is 2.84. The monoisotopic (exact) mass is 276 g/mol. The fourth-order valence-corrected chi connectivity index (χ4v) is 1.86. The van der Waals surface area contributed by atoms with Gasteiger partial charge in [-0.25, -0.2) is 4.39 Å². The summed E-state index contributed by atoms with van der Waals surface area (Å²) >= 11 is 0. The van der Waals surface area contributed by atoms with Gasteiger partial charge in [0.15, 0.2) is 0 Å². The minimum absolute atomic E-state index is 0.0251. The Labute approximate surface area is 114 Å². The standard InChI is InChI=1S/C14H13FN2O3/c1-9-2-3-12(7-14(9)17(19)20)16-8-10-4-11(15)6-13(18)5-10/h2-7,16,18H,8H2,1H3. The Morgan fingerprint density at radius 2 is 2.05 bits per heavy atom. The second kappa shape index (κ2) is 5.56. The maximum Gasteiger partial charge on any atom is 0.274 e. The number of aromatic hydroxyl groups is 1. The molecule has 0 heterocycles. The van der Waals surface area contributed by atoms with Gasteiger partial charge in [-0.1, -0.05) is 6.07 Å². The zero-order valence-electron chi connectivity index (χ0n) is 10.8. The molecule has 0 fully saturated rings. The van der Waals surface area contributed by atoms with Gasteiger partial charge >= 0.3 is 0 Å². The highest BCUT2D eigenvalue weighted by atomic mass is 19.1. The Bertz CT molecular complexity index is 639. The molecule has 2 aromatic carbocycles. The van der Waals surface area contributed by atoms with Crippen molar-refractivity contribution in [1.29, 1.82) is 0 Å². The first-order valence-electron chi connectivity index (χ1n) is 5.93. The van der Waals surface area contributed by atoms with Crippen LogP contribution in [0.4, 0.5) is 15.8 Å². The first-order chi connectivity index (χ1) is 9.45. The number of phenols is 1. The van der Waals surface area contributed by atoms with Gasteiger partial charge in [-0.15, -0.1) is 0 Å². The number of halogens is 1. The van der Waals surface area contributed by atoms with Crippen LogP contribution in [0.5, 0.6) is 5.75 Å². The molecule has 0 aromatic heterocycles. The molecule has 0 saturated carbocycles. The molecule has 0 amide bonds. The zero-order valence-corrected chi connectivity index (χ0v) is 10.8. The average molecular weight is 276 g/mol. The summed E-state index contributed by atoms with van der Waals surface area (Å²) in [7, 11) is 0. The summed E-state index contributed by atoms with van der Waals surface area (Å²) in [6, 6.07) is 8.51. The van der Waals surface area contributed by atoms with Crippen molar-refractivity contribution in [3.05, 3.63) is 63.5 Å². The number of aryl methyl sites for hydroxylation is 1. The van der Waals surface area contributed by atoms with Gasteiger partial charge in [0.25, 0.3) is 5.69 Å². The van der Waals surface area contributed by atoms with Crippen molar-refractivity contribution in [3.8, 4) is 5.75 Å². The van der Waals surface area contributed by atoms with E-state index in [0.29, 0.717) is 16.8 Å². The maximum absolute atomic E-state index is 13.1. The molecule has 2 N–H and O–H groups in total. The van der Waals surface area contributed by atoms with Gasteiger partial charge in [0, 0.05) is 29.9 Å². The van der Waals surface area contributed by atoms with Gasteiger partial charge in [-0.2, -0.15) is 0 Å². The van der Waals surface area contributed by atoms with E-state index in [4.69, 9.17) is 0 Å². The summed E-state index contributed by atoms with van der Waals surface area (Å²) in [6.07, 6.45) is 0. The molecular formula is C14H13FN2O3. The largest absolute Gasteiger partial charge is 0.508 e. The van der Waals surface area contributed by atoms with Crippen molar-refractivity contribution in [2.45, 2.75) is 13.5 Å². The quantitative estimate of drug-likeness (QED) is 0.663. The normalized spacial score (nSPS) is 10.3. The van der Waals surface area contributed by atoms with Crippen molar-refractivity contribution in [2.24, 2.45) is 0 Å². The molecule has 2 aromatic rings. The molecule has 0 bridgehead atoms. The van der Waals surface area contributed by atoms with Crippen LogP contribution in [-0.2, 0) is 6.54 Å². The summed E-state index contributed by atoms with van der Waals surface area (Å²) < 4.78 is 13.1. The first-order valence-corrected chi connectivity index (χ1v) is 5.93. The van der Waals surface area contributed by atoms with Crippen LogP contribution in [0.2, 0.25) is 0 Å². The second-order valence-corrected chi connectivity index (χ2v) is 4.43. The SMILES string of the molecule is Cc1ccc(NCc2cc(O)cc(F)c2)cc1[N+](=O)[O-]. The number of nitro benzene ring substituents is 1. The first kappa shape index (κ1) is 13.8. The lowest BCUT2D eigenvalue weighted by Crippen LogP contribution is -2.01. The topological polar surface area (TPSA) is 75.4 Å². The Morgan fingerprint density at radius 3 is 2.70 bits per heavy atom. The van der Waals surface area contributed by atoms with E-state index in [0.717, 1.165) is 6.07 Å². The minimum atomic E-state index is -0.531. The van der Waals surface area contributed by atoms with Crippen LogP contribution in [-0.4, -0.2) is 10.0 Å². The number of anilines is 1. The van der Waals surface area contributed by atoms with Gasteiger partial charge < -0.3 is 10.4 Å². The van der Waals surface area contributed by atoms with Crippen molar-refractivity contribution in [2.75, 3.05) is 5.32 Å². The third-order valence-electron chi connectivity index (χ3n) is 2.84. The average Bonchev–Trinajstić information content (AvgIpc) is 2.36. The van der Waals surface area contributed by atoms with E-state index in [-0.39, 0.29) is 18.0 Å². The van der Waals surface area contributed by atoms with Gasteiger partial charge in [0.2, 0.25) is 0 Å². The maximum atomic E-state index is 13.1. The van der Waals surface area contributed by atoms with Crippen LogP contribution >= 0.6 is 0 Å². The number of rotatable bonds is 4. The van der Waals surface area contributed by atoms with E-state index in [1.807, 2.05) is 0 Å². The van der Waals surface area contributed by atoms with Gasteiger partial charge in [0.05, 0.1) is 4.92 Å². The lowest BCUT2D eigenvalue weighted by Gasteiger charge is -2.08. The van der Waals surface area contributed by atoms with Crippen LogP contribution in [0, 0.1) is 22.9 Å². The second-order valence-electron chi connectivity index (χ2n) is 4.43. The molecule has 0 saturated heterocycles. The molecule has 0 atom stereocenters. The summed E-state index contributed by atoms with van der Waals surface area (Å²) in [6.45, 7) is 1.91. The summed E-state index contributed by atoms with van der Waals surface area (Å²) in [5, 5.41) is 23.1. The van der Waals surface area contributed by atoms with Crippen LogP contribution in [0.1, 0.15) is 11.1 Å². The Hall–Kier alpha value is -2.63. The number of nitrogens with zero attached hydrogens (tertiary/aromatic N) is 1. The molecule has 20 heavy (non-hydrogen) atoms. The minimum Gasteiger partial charge on any atom is -0.508 e. The fourth-order valence-electron chi connectivity index (χ4n) is 1.86. The summed E-state index contributed by atoms with van der Waals surface area (Å²) in [5.74, 6) is -0.687.